The van der Waals surface area contributed by atoms with Gasteiger partial charge in [0.2, 0.25) is 0 Å². The van der Waals surface area contributed by atoms with E-state index in [1.54, 1.807) is 4.57 Å². The molecule has 0 aromatic carbocycles. The summed E-state index contributed by atoms with van der Waals surface area (Å²) in [4.78, 5) is 23.5. The summed E-state index contributed by atoms with van der Waals surface area (Å²) >= 11 is 1.42. The van der Waals surface area contributed by atoms with E-state index in [2.05, 4.69) is 20.3 Å². The van der Waals surface area contributed by atoms with Gasteiger partial charge in [-0.25, -0.2) is 15.0 Å². The van der Waals surface area contributed by atoms with E-state index in [1.807, 2.05) is 6.92 Å². The normalized spacial score (nSPS) is 25.4. The first-order chi connectivity index (χ1) is 13.9. The fraction of sp³-hybridized carbons (Fsp3) is 0.647. The molecule has 2 aromatic heterocycles. The van der Waals surface area contributed by atoms with Crippen LogP contribution >= 0.6 is 11.8 Å². The van der Waals surface area contributed by atoms with Crippen molar-refractivity contribution in [3.63, 3.8) is 0 Å². The third-order valence-corrected chi connectivity index (χ3v) is 5.77. The molecule has 11 nitrogen and oxygen atoms in total. The molecule has 0 amide bonds. The first kappa shape index (κ1) is 21.7. The number of aliphatic hydroxyl groups is 2. The number of aromatic nitrogens is 4. The lowest BCUT2D eigenvalue weighted by atomic mass is 10.1. The molecule has 0 spiro atoms. The van der Waals surface area contributed by atoms with Crippen molar-refractivity contribution in [3.8, 4) is 0 Å². The van der Waals surface area contributed by atoms with Crippen molar-refractivity contribution in [2.75, 3.05) is 23.4 Å². The van der Waals surface area contributed by atoms with Crippen LogP contribution in [-0.2, 0) is 9.53 Å². The van der Waals surface area contributed by atoms with Crippen molar-refractivity contribution in [2.45, 2.75) is 50.3 Å². The largest absolute Gasteiger partial charge is 0.480 e. The Morgan fingerprint density at radius 1 is 1.38 bits per heavy atom. The maximum atomic E-state index is 10.8. The van der Waals surface area contributed by atoms with Gasteiger partial charge in [0.05, 0.1) is 12.4 Å². The Labute approximate surface area is 171 Å². The van der Waals surface area contributed by atoms with Crippen LogP contribution in [0.1, 0.15) is 26.0 Å². The van der Waals surface area contributed by atoms with Crippen molar-refractivity contribution in [1.82, 2.24) is 19.5 Å². The summed E-state index contributed by atoms with van der Waals surface area (Å²) in [6.07, 6.45) is 0.478. The van der Waals surface area contributed by atoms with E-state index in [9.17, 15) is 15.0 Å². The lowest BCUT2D eigenvalue weighted by Gasteiger charge is -2.16. The Morgan fingerprint density at radius 3 is 2.90 bits per heavy atom. The topological polar surface area (TPSA) is 169 Å². The number of rotatable bonds is 10. The number of thioether (sulfide) groups is 1. The number of nitrogens with two attached hydrogens (primary N) is 1. The van der Waals surface area contributed by atoms with Crippen molar-refractivity contribution in [3.05, 3.63) is 12.7 Å². The molecule has 29 heavy (non-hydrogen) atoms. The van der Waals surface area contributed by atoms with E-state index in [-0.39, 0.29) is 0 Å². The van der Waals surface area contributed by atoms with Gasteiger partial charge in [-0.2, -0.15) is 11.8 Å². The standard InChI is InChI=1S/C17H26N6O5S/c1-2-4-19-14-11-15(21-7-20-14)23(8-22-11)16-13(25)12(24)10(28-16)6-29-5-3-9(18)17(26)27/h7-10,12-13,16,24-25H,2-6,18H2,1H3,(H,26,27)(H,19,20,21)/t9-,10?,12?,13?,16?/m0/s1. The van der Waals surface area contributed by atoms with Crippen LogP contribution in [0.15, 0.2) is 12.7 Å². The third kappa shape index (κ3) is 4.78. The maximum absolute atomic E-state index is 10.8. The number of nitrogens with one attached hydrogen (secondary N) is 1. The van der Waals surface area contributed by atoms with Crippen molar-refractivity contribution < 1.29 is 24.9 Å². The second-order valence-corrected chi connectivity index (χ2v) is 7.98. The monoisotopic (exact) mass is 426 g/mol. The minimum atomic E-state index is -1.15. The summed E-state index contributed by atoms with van der Waals surface area (Å²) in [6.45, 7) is 2.78. The van der Waals surface area contributed by atoms with Crippen molar-refractivity contribution in [2.24, 2.45) is 5.73 Å². The number of aliphatic carboxylic acids is 1. The molecule has 160 valence electrons. The van der Waals surface area contributed by atoms with Crippen molar-refractivity contribution >= 4 is 34.7 Å². The highest BCUT2D eigenvalue weighted by molar-refractivity contribution is 7.99. The molecule has 1 fully saturated rings. The van der Waals surface area contributed by atoms with E-state index in [4.69, 9.17) is 15.6 Å². The highest BCUT2D eigenvalue weighted by atomic mass is 32.2. The van der Waals surface area contributed by atoms with Crippen LogP contribution in [0.4, 0.5) is 5.82 Å². The quantitative estimate of drug-likeness (QED) is 0.319. The molecule has 4 unspecified atom stereocenters. The molecule has 0 bridgehead atoms. The van der Waals surface area contributed by atoms with Crippen LogP contribution in [0, 0.1) is 0 Å². The number of ether oxygens (including phenoxy) is 1. The lowest BCUT2D eigenvalue weighted by molar-refractivity contribution is -0.138. The fourth-order valence-electron chi connectivity index (χ4n) is 3.04. The van der Waals surface area contributed by atoms with Gasteiger partial charge in [0, 0.05) is 12.3 Å². The molecule has 0 radical (unpaired) electrons. The Kier molecular flexibility index (Phi) is 7.24. The van der Waals surface area contributed by atoms with Crippen LogP contribution in [0.2, 0.25) is 0 Å². The number of nitrogens with zero attached hydrogens (tertiary/aromatic N) is 4. The number of hydrogen-bond acceptors (Lipinski definition) is 10. The zero-order valence-electron chi connectivity index (χ0n) is 16.0. The predicted molar refractivity (Wildman–Crippen MR) is 108 cm³/mol. The summed E-state index contributed by atoms with van der Waals surface area (Å²) in [5.41, 5.74) is 6.54. The molecule has 0 aliphatic carbocycles. The number of carboxylic acids is 1. The smallest absolute Gasteiger partial charge is 0.320 e. The summed E-state index contributed by atoms with van der Waals surface area (Å²) in [5, 5.41) is 32.9. The second kappa shape index (κ2) is 9.67. The Balaban J connectivity index is 1.66. The molecule has 3 heterocycles. The molecule has 3 rings (SSSR count). The molecule has 5 atom stereocenters. The van der Waals surface area contributed by atoms with Gasteiger partial charge < -0.3 is 31.1 Å². The molecular formula is C17H26N6O5S. The van der Waals surface area contributed by atoms with Crippen LogP contribution in [0.5, 0.6) is 0 Å². The average Bonchev–Trinajstić information content (AvgIpc) is 3.25. The van der Waals surface area contributed by atoms with Crippen molar-refractivity contribution in [1.29, 1.82) is 0 Å². The molecule has 0 saturated carbocycles. The number of carbonyl (C=O) groups is 1. The van der Waals surface area contributed by atoms with Gasteiger partial charge in [-0.05, 0) is 18.6 Å². The maximum Gasteiger partial charge on any atom is 0.320 e. The fourth-order valence-corrected chi connectivity index (χ4v) is 4.14. The van der Waals surface area contributed by atoms with Gasteiger partial charge in [-0.15, -0.1) is 0 Å². The highest BCUT2D eigenvalue weighted by Gasteiger charge is 2.44. The van der Waals surface area contributed by atoms with Crippen LogP contribution < -0.4 is 11.1 Å². The molecular weight excluding hydrogens is 400 g/mol. The predicted octanol–water partition coefficient (Wildman–Crippen LogP) is -0.197. The van der Waals surface area contributed by atoms with Crippen LogP contribution in [0.25, 0.3) is 11.2 Å². The van der Waals surface area contributed by atoms with Gasteiger partial charge >= 0.3 is 5.97 Å². The minimum Gasteiger partial charge on any atom is -0.480 e. The highest BCUT2D eigenvalue weighted by Crippen LogP contribution is 2.33. The number of carboxylic acid groups (broad SMARTS) is 1. The van der Waals surface area contributed by atoms with Gasteiger partial charge in [0.25, 0.3) is 0 Å². The molecule has 1 aliphatic heterocycles. The Hall–Kier alpha value is -1.99. The van der Waals surface area contributed by atoms with Gasteiger partial charge in [-0.3, -0.25) is 9.36 Å². The van der Waals surface area contributed by atoms with E-state index in [0.29, 0.717) is 34.9 Å². The van der Waals surface area contributed by atoms with E-state index < -0.39 is 36.6 Å². The van der Waals surface area contributed by atoms with E-state index >= 15 is 0 Å². The van der Waals surface area contributed by atoms with Crippen LogP contribution in [-0.4, -0.2) is 83.2 Å². The molecule has 1 aliphatic rings. The average molecular weight is 426 g/mol. The number of hydrogen-bond donors (Lipinski definition) is 5. The second-order valence-electron chi connectivity index (χ2n) is 6.83. The van der Waals surface area contributed by atoms with Gasteiger partial charge in [-0.1, -0.05) is 6.92 Å². The summed E-state index contributed by atoms with van der Waals surface area (Å²) in [6, 6.07) is -0.914. The molecule has 12 heteroatoms. The van der Waals surface area contributed by atoms with Gasteiger partial charge in [0.15, 0.2) is 23.2 Å². The number of anilines is 1. The number of aliphatic hydroxyl groups excluding tert-OH is 2. The molecule has 2 aromatic rings. The Bertz CT molecular complexity index is 836. The summed E-state index contributed by atoms with van der Waals surface area (Å²) < 4.78 is 7.48. The first-order valence-electron chi connectivity index (χ1n) is 9.43. The summed E-state index contributed by atoms with van der Waals surface area (Å²) in [5.74, 6) is 0.464. The zero-order chi connectivity index (χ0) is 21.0. The zero-order valence-corrected chi connectivity index (χ0v) is 16.8. The number of imidazole rings is 1. The lowest BCUT2D eigenvalue weighted by Crippen LogP contribution is -2.33. The Morgan fingerprint density at radius 2 is 2.17 bits per heavy atom. The third-order valence-electron chi connectivity index (χ3n) is 4.69. The molecule has 1 saturated heterocycles. The number of fused-ring (bicyclic) bond motifs is 1. The van der Waals surface area contributed by atoms with E-state index in [1.165, 1.54) is 24.4 Å². The molecule has 6 N–H and O–H groups in total. The first-order valence-corrected chi connectivity index (χ1v) is 10.6. The minimum absolute atomic E-state index is 0.311. The van der Waals surface area contributed by atoms with E-state index in [0.717, 1.165) is 13.0 Å². The van der Waals surface area contributed by atoms with Gasteiger partial charge in [0.1, 0.15) is 24.6 Å². The van der Waals surface area contributed by atoms with Crippen LogP contribution in [0.3, 0.4) is 0 Å². The summed E-state index contributed by atoms with van der Waals surface area (Å²) in [7, 11) is 0. The SMILES string of the molecule is CCCNc1ncnc2c1ncn2C1OC(CSCC[C@H](N)C(=O)O)C(O)C1O.